The van der Waals surface area contributed by atoms with E-state index in [1.54, 1.807) is 0 Å². The number of rotatable bonds is 10. The maximum Gasteiger partial charge on any atom is 0.352 e. The number of aromatic amines is 1. The predicted molar refractivity (Wildman–Crippen MR) is 153 cm³/mol. The van der Waals surface area contributed by atoms with Crippen molar-refractivity contribution >= 4 is 53.2 Å². The Morgan fingerprint density at radius 1 is 1.19 bits per heavy atom. The van der Waals surface area contributed by atoms with Crippen LogP contribution in [0.3, 0.4) is 0 Å². The predicted octanol–water partition coefficient (Wildman–Crippen LogP) is 0.460. The highest BCUT2D eigenvalue weighted by Crippen LogP contribution is 2.40. The molecule has 3 heterocycles. The van der Waals surface area contributed by atoms with Crippen LogP contribution in [-0.2, 0) is 23.9 Å². The number of nitrogens with one attached hydrogen (secondary N) is 5. The lowest BCUT2D eigenvalue weighted by molar-refractivity contribution is -0.151. The monoisotopic (exact) mass is 615 g/mol. The molecule has 0 spiro atoms. The number of urea groups is 1. The average molecular weight is 616 g/mol. The van der Waals surface area contributed by atoms with Gasteiger partial charge in [-0.3, -0.25) is 29.1 Å². The molecule has 0 radical (unpaired) electrons. The van der Waals surface area contributed by atoms with Gasteiger partial charge in [0.25, 0.3) is 11.5 Å². The molecule has 1 unspecified atom stereocenters. The summed E-state index contributed by atoms with van der Waals surface area (Å²) in [5.41, 5.74) is -0.688. The Kier molecular flexibility index (Phi) is 9.23. The summed E-state index contributed by atoms with van der Waals surface area (Å²) in [5, 5.41) is 28.9. The molecule has 2 aliphatic heterocycles. The Hall–Kier alpha value is -5.06. The molecule has 4 rings (SSSR count). The number of hydrogen-bond acceptors (Lipinski definition) is 11. The number of ether oxygens (including phenoxy) is 1. The zero-order valence-corrected chi connectivity index (χ0v) is 24.0. The second-order valence-corrected chi connectivity index (χ2v) is 10.9. The number of benzene rings is 1. The van der Waals surface area contributed by atoms with Crippen LogP contribution in [0.15, 0.2) is 46.5 Å². The number of fused-ring (bicyclic) bond motifs is 1. The first kappa shape index (κ1) is 30.9. The van der Waals surface area contributed by atoms with Crippen LogP contribution in [0.4, 0.5) is 16.4 Å². The molecule has 1 saturated heterocycles. The lowest BCUT2D eigenvalue weighted by atomic mass is 10.0. The Morgan fingerprint density at radius 2 is 1.88 bits per heavy atom. The van der Waals surface area contributed by atoms with E-state index in [1.165, 1.54) is 43.0 Å². The number of aromatic hydroxyl groups is 1. The standard InChI is InChI=1S/C26H29N7O9S/c1-11(2)28-25-27-8-16(20(36)32-25)29-26(41)31-17(13-4-6-15(35)7-5-13)21(37)30-18-22(38)33-19(24(39)40)14(9-42-12(3)34)10-43-23(18)33/h4-8,11,17-18,23,35H,9-10H2,1-3H3,(H,30,37)(H,39,40)(H2,29,31,41)(H2,27,28,32,36)/t17-,18?,23-/m1/s1. The zero-order valence-electron chi connectivity index (χ0n) is 23.2. The van der Waals surface area contributed by atoms with Crippen molar-refractivity contribution < 1.29 is 38.9 Å². The van der Waals surface area contributed by atoms with Crippen LogP contribution >= 0.6 is 11.8 Å². The quantitative estimate of drug-likeness (QED) is 0.143. The molecule has 16 nitrogen and oxygen atoms in total. The van der Waals surface area contributed by atoms with E-state index in [4.69, 9.17) is 4.74 Å². The summed E-state index contributed by atoms with van der Waals surface area (Å²) in [7, 11) is 0. The normalized spacial score (nSPS) is 18.2. The number of carboxylic acid groups (broad SMARTS) is 1. The van der Waals surface area contributed by atoms with Crippen LogP contribution in [0.5, 0.6) is 5.75 Å². The highest BCUT2D eigenvalue weighted by atomic mass is 32.2. The van der Waals surface area contributed by atoms with Gasteiger partial charge in [0.1, 0.15) is 41.2 Å². The van der Waals surface area contributed by atoms with Gasteiger partial charge in [-0.05, 0) is 31.5 Å². The van der Waals surface area contributed by atoms with Crippen LogP contribution in [-0.4, -0.2) is 84.7 Å². The number of carbonyl (C=O) groups excluding carboxylic acids is 4. The summed E-state index contributed by atoms with van der Waals surface area (Å²) in [6.07, 6.45) is 1.14. The zero-order chi connectivity index (χ0) is 31.4. The van der Waals surface area contributed by atoms with Crippen molar-refractivity contribution in [3.8, 4) is 5.75 Å². The Bertz CT molecular complexity index is 1540. The summed E-state index contributed by atoms with van der Waals surface area (Å²) < 4.78 is 4.92. The molecule has 2 aliphatic rings. The number of aliphatic carboxylic acids is 1. The van der Waals surface area contributed by atoms with Gasteiger partial charge >= 0.3 is 18.0 Å². The number of hydrogen-bond donors (Lipinski definition) is 7. The van der Waals surface area contributed by atoms with Crippen LogP contribution in [0.2, 0.25) is 0 Å². The van der Waals surface area contributed by atoms with Crippen molar-refractivity contribution in [2.75, 3.05) is 23.0 Å². The topological polar surface area (TPSA) is 232 Å². The Balaban J connectivity index is 1.50. The molecule has 1 fully saturated rings. The van der Waals surface area contributed by atoms with Crippen molar-refractivity contribution in [2.45, 2.75) is 44.3 Å². The van der Waals surface area contributed by atoms with E-state index >= 15 is 0 Å². The third-order valence-corrected chi connectivity index (χ3v) is 7.57. The number of β-lactam (4-membered cyclic amide) rings is 1. The third-order valence-electron chi connectivity index (χ3n) is 6.23. The van der Waals surface area contributed by atoms with Gasteiger partial charge in [-0.2, -0.15) is 0 Å². The smallest absolute Gasteiger partial charge is 0.352 e. The van der Waals surface area contributed by atoms with Crippen LogP contribution < -0.4 is 26.8 Å². The molecule has 0 bridgehead atoms. The molecule has 3 atom stereocenters. The fourth-order valence-corrected chi connectivity index (χ4v) is 5.63. The van der Waals surface area contributed by atoms with Crippen molar-refractivity contribution in [3.05, 3.63) is 57.6 Å². The fraction of sp³-hybridized carbons (Fsp3) is 0.346. The molecule has 0 saturated carbocycles. The van der Waals surface area contributed by atoms with Gasteiger partial charge in [0.05, 0.1) is 6.20 Å². The van der Waals surface area contributed by atoms with E-state index in [0.29, 0.717) is 0 Å². The molecular weight excluding hydrogens is 586 g/mol. The van der Waals surface area contributed by atoms with Gasteiger partial charge in [0, 0.05) is 24.3 Å². The number of phenolic OH excluding ortho intramolecular Hbond substituents is 1. The van der Waals surface area contributed by atoms with E-state index in [0.717, 1.165) is 11.1 Å². The molecule has 1 aromatic carbocycles. The first-order chi connectivity index (χ1) is 20.3. The molecule has 1 aromatic heterocycles. The fourth-order valence-electron chi connectivity index (χ4n) is 4.31. The minimum absolute atomic E-state index is 0.00832. The van der Waals surface area contributed by atoms with E-state index < -0.39 is 52.8 Å². The van der Waals surface area contributed by atoms with E-state index in [2.05, 4.69) is 31.2 Å². The summed E-state index contributed by atoms with van der Waals surface area (Å²) in [5.74, 6) is -3.27. The SMILES string of the molecule is CC(=O)OCC1=C(C(=O)O)N2C(=O)C(NC(=O)[C@H](NC(=O)Nc3cnc(NC(C)C)[nH]c3=O)c3ccc(O)cc3)[C@H]2SC1. The second-order valence-electron chi connectivity index (χ2n) is 9.83. The van der Waals surface area contributed by atoms with E-state index in [-0.39, 0.29) is 52.6 Å². The molecule has 228 valence electrons. The Labute approximate surface area is 248 Å². The highest BCUT2D eigenvalue weighted by Gasteiger charge is 2.54. The number of aromatic nitrogens is 2. The molecule has 43 heavy (non-hydrogen) atoms. The molecular formula is C26H29N7O9S. The number of nitrogens with zero attached hydrogens (tertiary/aromatic N) is 2. The number of phenols is 1. The van der Waals surface area contributed by atoms with Gasteiger partial charge in [0.2, 0.25) is 11.9 Å². The van der Waals surface area contributed by atoms with Gasteiger partial charge in [0.15, 0.2) is 0 Å². The summed E-state index contributed by atoms with van der Waals surface area (Å²) >= 11 is 1.17. The van der Waals surface area contributed by atoms with E-state index in [1.807, 2.05) is 13.8 Å². The number of carboxylic acids is 1. The minimum atomic E-state index is -1.39. The number of H-pyrrole nitrogens is 1. The van der Waals surface area contributed by atoms with Crippen molar-refractivity contribution in [3.63, 3.8) is 0 Å². The molecule has 17 heteroatoms. The largest absolute Gasteiger partial charge is 0.508 e. The highest BCUT2D eigenvalue weighted by molar-refractivity contribution is 8.00. The molecule has 0 aliphatic carbocycles. The molecule has 2 aromatic rings. The minimum Gasteiger partial charge on any atom is -0.508 e. The summed E-state index contributed by atoms with van der Waals surface area (Å²) in [6.45, 7) is 4.57. The summed E-state index contributed by atoms with van der Waals surface area (Å²) in [4.78, 5) is 82.5. The van der Waals surface area contributed by atoms with Crippen molar-refractivity contribution in [1.29, 1.82) is 0 Å². The van der Waals surface area contributed by atoms with Gasteiger partial charge < -0.3 is 36.2 Å². The maximum absolute atomic E-state index is 13.4. The number of anilines is 2. The molecule has 7 N–H and O–H groups in total. The number of esters is 1. The van der Waals surface area contributed by atoms with E-state index in [9.17, 15) is 39.0 Å². The van der Waals surface area contributed by atoms with Gasteiger partial charge in [-0.25, -0.2) is 14.6 Å². The van der Waals surface area contributed by atoms with Gasteiger partial charge in [-0.15, -0.1) is 11.8 Å². The van der Waals surface area contributed by atoms with Crippen molar-refractivity contribution in [1.82, 2.24) is 25.5 Å². The van der Waals surface area contributed by atoms with Crippen LogP contribution in [0, 0.1) is 0 Å². The first-order valence-corrected chi connectivity index (χ1v) is 14.0. The Morgan fingerprint density at radius 3 is 2.49 bits per heavy atom. The first-order valence-electron chi connectivity index (χ1n) is 12.9. The number of thioether (sulfide) groups is 1. The number of amides is 4. The van der Waals surface area contributed by atoms with Crippen molar-refractivity contribution in [2.24, 2.45) is 0 Å². The lowest BCUT2D eigenvalue weighted by Crippen LogP contribution is -2.71. The molecule has 4 amide bonds. The third kappa shape index (κ3) is 7.06. The second kappa shape index (κ2) is 12.8. The number of carbonyl (C=O) groups is 5. The average Bonchev–Trinajstić information content (AvgIpc) is 2.94. The lowest BCUT2D eigenvalue weighted by Gasteiger charge is -2.49. The van der Waals surface area contributed by atoms with Gasteiger partial charge in [-0.1, -0.05) is 12.1 Å². The summed E-state index contributed by atoms with van der Waals surface area (Å²) in [6, 6.07) is 1.90. The van der Waals surface area contributed by atoms with Crippen LogP contribution in [0.1, 0.15) is 32.4 Å². The van der Waals surface area contributed by atoms with Crippen LogP contribution in [0.25, 0.3) is 0 Å². The maximum atomic E-state index is 13.4.